The molecule has 2 rings (SSSR count). The zero-order valence-electron chi connectivity index (χ0n) is 11.1. The molecule has 0 nitrogen and oxygen atoms in total. The van der Waals surface area contributed by atoms with E-state index in [2.05, 4.69) is 70.2 Å². The number of aryl methyl sites for hydroxylation is 2. The summed E-state index contributed by atoms with van der Waals surface area (Å²) in [6.07, 6.45) is 2.86. The highest BCUT2D eigenvalue weighted by molar-refractivity contribution is 6.53. The third-order valence-corrected chi connectivity index (χ3v) is 3.20. The van der Waals surface area contributed by atoms with Gasteiger partial charge in [0.05, 0.1) is 0 Å². The van der Waals surface area contributed by atoms with Gasteiger partial charge in [-0.25, -0.2) is 0 Å². The molecule has 0 saturated heterocycles. The van der Waals surface area contributed by atoms with Crippen LogP contribution in [0.15, 0.2) is 49.0 Å². The second kappa shape index (κ2) is 5.73. The van der Waals surface area contributed by atoms with Crippen LogP contribution in [0.5, 0.6) is 0 Å². The molecule has 1 radical (unpaired) electrons. The summed E-state index contributed by atoms with van der Waals surface area (Å²) in [7, 11) is 2.27. The Kier molecular flexibility index (Phi) is 4.04. The van der Waals surface area contributed by atoms with Crippen molar-refractivity contribution < 1.29 is 0 Å². The predicted molar refractivity (Wildman–Crippen MR) is 81.5 cm³/mol. The summed E-state index contributed by atoms with van der Waals surface area (Å²) < 4.78 is 0. The van der Waals surface area contributed by atoms with Crippen molar-refractivity contribution in [2.24, 2.45) is 0 Å². The molecule has 1 heteroatoms. The normalized spacial score (nSPS) is 10.1. The summed E-state index contributed by atoms with van der Waals surface area (Å²) in [4.78, 5) is 0. The van der Waals surface area contributed by atoms with Crippen molar-refractivity contribution in [3.63, 3.8) is 0 Å². The Bertz CT molecular complexity index is 555. The highest BCUT2D eigenvalue weighted by Crippen LogP contribution is 2.10. The van der Waals surface area contributed by atoms with Crippen LogP contribution in [0.2, 0.25) is 0 Å². The molecule has 0 saturated carbocycles. The van der Waals surface area contributed by atoms with Gasteiger partial charge in [-0.1, -0.05) is 71.7 Å². The van der Waals surface area contributed by atoms with E-state index in [0.29, 0.717) is 0 Å². The molecule has 0 unspecified atom stereocenters. The topological polar surface area (TPSA) is 0 Å². The van der Waals surface area contributed by atoms with Gasteiger partial charge >= 0.3 is 0 Å². The van der Waals surface area contributed by atoms with Gasteiger partial charge in [-0.3, -0.25) is 0 Å². The molecule has 0 atom stereocenters. The van der Waals surface area contributed by atoms with E-state index in [4.69, 9.17) is 0 Å². The first-order valence-corrected chi connectivity index (χ1v) is 6.31. The Hall–Kier alpha value is -1.76. The second-order valence-corrected chi connectivity index (χ2v) is 4.71. The van der Waals surface area contributed by atoms with Crippen molar-refractivity contribution in [2.75, 3.05) is 0 Å². The van der Waals surface area contributed by atoms with Crippen LogP contribution in [0.25, 0.3) is 6.08 Å². The fourth-order valence-electron chi connectivity index (χ4n) is 2.12. The molecule has 0 heterocycles. The summed E-state index contributed by atoms with van der Waals surface area (Å²) in [5.74, 6) is 0. The van der Waals surface area contributed by atoms with Gasteiger partial charge in [0.1, 0.15) is 0 Å². The van der Waals surface area contributed by atoms with Crippen LogP contribution in [-0.2, 0) is 6.32 Å². The van der Waals surface area contributed by atoms with Crippen LogP contribution in [0.1, 0.15) is 22.3 Å². The summed E-state index contributed by atoms with van der Waals surface area (Å²) in [5.41, 5.74) is 6.51. The van der Waals surface area contributed by atoms with Gasteiger partial charge in [0.2, 0.25) is 0 Å². The molecule has 0 aliphatic heterocycles. The zero-order valence-corrected chi connectivity index (χ0v) is 11.1. The predicted octanol–water partition coefficient (Wildman–Crippen LogP) is 3.48. The average Bonchev–Trinajstić information content (AvgIpc) is 2.38. The van der Waals surface area contributed by atoms with E-state index in [9.17, 15) is 0 Å². The highest BCUT2D eigenvalue weighted by Gasteiger charge is 2.01. The first kappa shape index (κ1) is 12.7. The molecule has 0 spiro atoms. The summed E-state index contributed by atoms with van der Waals surface area (Å²) in [5, 5.41) is 0. The van der Waals surface area contributed by atoms with Crippen molar-refractivity contribution in [2.45, 2.75) is 20.2 Å². The lowest BCUT2D eigenvalue weighted by atomic mass is 9.64. The highest BCUT2D eigenvalue weighted by atomic mass is 14.0. The molecule has 0 fully saturated rings. The molecule has 18 heavy (non-hydrogen) atoms. The second-order valence-electron chi connectivity index (χ2n) is 4.71. The van der Waals surface area contributed by atoms with E-state index in [1.807, 2.05) is 6.08 Å². The molecule has 0 aliphatic carbocycles. The largest absolute Gasteiger partial charge is 0.156 e. The summed E-state index contributed by atoms with van der Waals surface area (Å²) in [6, 6.07) is 15.1. The molecule has 2 aromatic rings. The van der Waals surface area contributed by atoms with Crippen LogP contribution >= 0.6 is 0 Å². The van der Waals surface area contributed by atoms with Crippen LogP contribution in [0, 0.1) is 13.8 Å². The fourth-order valence-corrected chi connectivity index (χ4v) is 2.12. The lowest BCUT2D eigenvalue weighted by molar-refractivity contribution is 1.26. The Morgan fingerprint density at radius 3 is 2.67 bits per heavy atom. The number of hydrogen-bond donors (Lipinski definition) is 0. The van der Waals surface area contributed by atoms with E-state index in [1.165, 1.54) is 27.7 Å². The van der Waals surface area contributed by atoms with Crippen molar-refractivity contribution in [3.8, 4) is 0 Å². The van der Waals surface area contributed by atoms with Gasteiger partial charge < -0.3 is 0 Å². The Morgan fingerprint density at radius 2 is 1.94 bits per heavy atom. The molecule has 0 aromatic heterocycles. The van der Waals surface area contributed by atoms with E-state index < -0.39 is 0 Å². The molecule has 0 aliphatic rings. The van der Waals surface area contributed by atoms with Gasteiger partial charge in [0, 0.05) is 0 Å². The maximum atomic E-state index is 3.80. The van der Waals surface area contributed by atoms with Crippen molar-refractivity contribution in [1.82, 2.24) is 0 Å². The van der Waals surface area contributed by atoms with Gasteiger partial charge in [-0.05, 0) is 31.3 Å². The SMILES string of the molecule is C=Cc1cccc([B]Cc2ccc(C)cc2C)c1. The van der Waals surface area contributed by atoms with E-state index in [-0.39, 0.29) is 0 Å². The molecule has 0 N–H and O–H groups in total. The minimum Gasteiger partial charge on any atom is -0.0985 e. The molecule has 89 valence electrons. The number of hydrogen-bond acceptors (Lipinski definition) is 0. The fraction of sp³-hybridized carbons (Fsp3) is 0.176. The number of rotatable bonds is 4. The average molecular weight is 233 g/mol. The maximum absolute atomic E-state index is 3.80. The minimum atomic E-state index is 0.979. The molecule has 0 bridgehead atoms. The number of benzene rings is 2. The Labute approximate surface area is 111 Å². The van der Waals surface area contributed by atoms with Crippen molar-refractivity contribution >= 4 is 18.8 Å². The monoisotopic (exact) mass is 233 g/mol. The quantitative estimate of drug-likeness (QED) is 0.709. The van der Waals surface area contributed by atoms with Crippen molar-refractivity contribution in [3.05, 3.63) is 71.3 Å². The van der Waals surface area contributed by atoms with Crippen LogP contribution in [0.4, 0.5) is 0 Å². The zero-order chi connectivity index (χ0) is 13.0. The maximum Gasteiger partial charge on any atom is 0.156 e. The van der Waals surface area contributed by atoms with Crippen molar-refractivity contribution in [1.29, 1.82) is 0 Å². The third-order valence-electron chi connectivity index (χ3n) is 3.20. The van der Waals surface area contributed by atoms with Gasteiger partial charge in [0.25, 0.3) is 0 Å². The summed E-state index contributed by atoms with van der Waals surface area (Å²) in [6.45, 7) is 8.11. The standard InChI is InChI=1S/C17H18B/c1-4-15-6-5-7-17(11-15)18-12-16-9-8-13(2)10-14(16)3/h4-11H,1,12H2,2-3H3. The Morgan fingerprint density at radius 1 is 1.11 bits per heavy atom. The smallest absolute Gasteiger partial charge is 0.0985 e. The van der Waals surface area contributed by atoms with Crippen LogP contribution in [-0.4, -0.2) is 7.28 Å². The minimum absolute atomic E-state index is 0.979. The van der Waals surface area contributed by atoms with E-state index in [1.54, 1.807) is 0 Å². The van der Waals surface area contributed by atoms with E-state index in [0.717, 1.165) is 6.32 Å². The van der Waals surface area contributed by atoms with Gasteiger partial charge in [-0.2, -0.15) is 0 Å². The molecular weight excluding hydrogens is 215 g/mol. The van der Waals surface area contributed by atoms with Crippen LogP contribution in [0.3, 0.4) is 0 Å². The first-order valence-electron chi connectivity index (χ1n) is 6.31. The Balaban J connectivity index is 2.08. The van der Waals surface area contributed by atoms with Crippen LogP contribution < -0.4 is 5.46 Å². The van der Waals surface area contributed by atoms with Gasteiger partial charge in [0.15, 0.2) is 7.28 Å². The van der Waals surface area contributed by atoms with Gasteiger partial charge in [-0.15, -0.1) is 0 Å². The summed E-state index contributed by atoms with van der Waals surface area (Å²) >= 11 is 0. The molecular formula is C17H18B. The molecule has 2 aromatic carbocycles. The lowest BCUT2D eigenvalue weighted by Crippen LogP contribution is -2.17. The lowest BCUT2D eigenvalue weighted by Gasteiger charge is -2.06. The third kappa shape index (κ3) is 3.13. The first-order chi connectivity index (χ1) is 8.69. The molecule has 0 amide bonds. The van der Waals surface area contributed by atoms with E-state index >= 15 is 0 Å².